The summed E-state index contributed by atoms with van der Waals surface area (Å²) in [6.45, 7) is 2.67. The average molecular weight is 441 g/mol. The molecule has 6 rings (SSSR count). The molecule has 0 aliphatic carbocycles. The zero-order valence-corrected chi connectivity index (χ0v) is 18.3. The van der Waals surface area contributed by atoms with E-state index in [1.165, 1.54) is 0 Å². The van der Waals surface area contributed by atoms with Crippen LogP contribution in [0.25, 0.3) is 27.5 Å². The van der Waals surface area contributed by atoms with Crippen LogP contribution in [0.5, 0.6) is 0 Å². The van der Waals surface area contributed by atoms with Crippen LogP contribution in [0.3, 0.4) is 0 Å². The first-order valence-electron chi connectivity index (χ1n) is 11.1. The SMILES string of the molecule is CN(CC1CCOC1)c1nc(Cn2c(=O)c3ccccc3n3nncc23)nc2ccccc12. The topological polar surface area (TPSA) is 90.4 Å². The first-order valence-corrected chi connectivity index (χ1v) is 11.1. The number of ether oxygens (including phenoxy) is 1. The van der Waals surface area contributed by atoms with Crippen molar-refractivity contribution in [1.82, 2.24) is 29.4 Å². The normalized spacial score (nSPS) is 16.2. The van der Waals surface area contributed by atoms with Crippen LogP contribution in [0.4, 0.5) is 5.82 Å². The molecule has 9 heteroatoms. The van der Waals surface area contributed by atoms with Crippen molar-refractivity contribution in [3.8, 4) is 0 Å². The molecule has 2 aromatic carbocycles. The number of fused-ring (bicyclic) bond motifs is 4. The van der Waals surface area contributed by atoms with Crippen molar-refractivity contribution in [3.05, 3.63) is 70.9 Å². The monoisotopic (exact) mass is 441 g/mol. The molecule has 1 saturated heterocycles. The first-order chi connectivity index (χ1) is 16.2. The van der Waals surface area contributed by atoms with Crippen molar-refractivity contribution in [3.63, 3.8) is 0 Å². The summed E-state index contributed by atoms with van der Waals surface area (Å²) in [5.74, 6) is 1.91. The van der Waals surface area contributed by atoms with Gasteiger partial charge in [0.05, 0.1) is 35.8 Å². The van der Waals surface area contributed by atoms with Crippen LogP contribution >= 0.6 is 0 Å². The van der Waals surface area contributed by atoms with Crippen molar-refractivity contribution in [2.24, 2.45) is 5.92 Å². The Morgan fingerprint density at radius 3 is 2.76 bits per heavy atom. The second-order valence-corrected chi connectivity index (χ2v) is 8.50. The lowest BCUT2D eigenvalue weighted by atomic mass is 10.1. The predicted molar refractivity (Wildman–Crippen MR) is 126 cm³/mol. The summed E-state index contributed by atoms with van der Waals surface area (Å²) in [6.07, 6.45) is 2.65. The fourth-order valence-corrected chi connectivity index (χ4v) is 4.64. The number of nitrogens with zero attached hydrogens (tertiary/aromatic N) is 7. The van der Waals surface area contributed by atoms with Gasteiger partial charge in [0.2, 0.25) is 0 Å². The maximum Gasteiger partial charge on any atom is 0.262 e. The van der Waals surface area contributed by atoms with E-state index in [1.807, 2.05) is 42.5 Å². The zero-order chi connectivity index (χ0) is 22.4. The summed E-state index contributed by atoms with van der Waals surface area (Å²) < 4.78 is 8.88. The Bertz CT molecular complexity index is 1540. The molecule has 0 saturated carbocycles. The number of para-hydroxylation sites is 2. The van der Waals surface area contributed by atoms with Gasteiger partial charge in [-0.2, -0.15) is 4.52 Å². The van der Waals surface area contributed by atoms with Crippen molar-refractivity contribution >= 4 is 33.3 Å². The molecular weight excluding hydrogens is 418 g/mol. The van der Waals surface area contributed by atoms with Gasteiger partial charge in [-0.15, -0.1) is 5.10 Å². The Morgan fingerprint density at radius 2 is 1.91 bits per heavy atom. The minimum atomic E-state index is -0.116. The van der Waals surface area contributed by atoms with E-state index in [1.54, 1.807) is 21.3 Å². The number of rotatable bonds is 5. The van der Waals surface area contributed by atoms with Gasteiger partial charge in [0.1, 0.15) is 5.82 Å². The Morgan fingerprint density at radius 1 is 1.09 bits per heavy atom. The molecule has 1 atom stereocenters. The molecule has 3 aromatic heterocycles. The summed E-state index contributed by atoms with van der Waals surface area (Å²) in [6, 6.07) is 15.4. The summed E-state index contributed by atoms with van der Waals surface area (Å²) in [7, 11) is 2.05. The van der Waals surface area contributed by atoms with Gasteiger partial charge in [0.25, 0.3) is 5.56 Å². The quantitative estimate of drug-likeness (QED) is 0.414. The summed E-state index contributed by atoms with van der Waals surface area (Å²) >= 11 is 0. The largest absolute Gasteiger partial charge is 0.381 e. The summed E-state index contributed by atoms with van der Waals surface area (Å²) in [5.41, 5.74) is 2.07. The molecule has 166 valence electrons. The van der Waals surface area contributed by atoms with Gasteiger partial charge < -0.3 is 9.64 Å². The van der Waals surface area contributed by atoms with Gasteiger partial charge in [-0.05, 0) is 30.7 Å². The maximum atomic E-state index is 13.4. The Labute approximate surface area is 189 Å². The second kappa shape index (κ2) is 7.93. The van der Waals surface area contributed by atoms with E-state index in [0.717, 1.165) is 48.4 Å². The Balaban J connectivity index is 1.47. The lowest BCUT2D eigenvalue weighted by Crippen LogP contribution is -2.28. The average Bonchev–Trinajstić information content (AvgIpc) is 3.54. The lowest BCUT2D eigenvalue weighted by molar-refractivity contribution is 0.186. The molecule has 0 bridgehead atoms. The van der Waals surface area contributed by atoms with E-state index in [2.05, 4.69) is 22.3 Å². The Hall–Kier alpha value is -3.85. The van der Waals surface area contributed by atoms with Crippen LogP contribution in [0.1, 0.15) is 12.2 Å². The number of hydrogen-bond acceptors (Lipinski definition) is 7. The van der Waals surface area contributed by atoms with Crippen molar-refractivity contribution in [2.45, 2.75) is 13.0 Å². The highest BCUT2D eigenvalue weighted by Crippen LogP contribution is 2.25. The highest BCUT2D eigenvalue weighted by Gasteiger charge is 2.21. The third kappa shape index (κ3) is 3.41. The molecule has 1 aliphatic rings. The zero-order valence-electron chi connectivity index (χ0n) is 18.3. The van der Waals surface area contributed by atoms with Crippen molar-refractivity contribution in [2.75, 3.05) is 31.7 Å². The molecule has 0 amide bonds. The Kier molecular flexibility index (Phi) is 4.76. The molecular formula is C24H23N7O2. The van der Waals surface area contributed by atoms with Crippen LogP contribution in [-0.2, 0) is 11.3 Å². The smallest absolute Gasteiger partial charge is 0.262 e. The van der Waals surface area contributed by atoms with Gasteiger partial charge in [0, 0.05) is 31.5 Å². The highest BCUT2D eigenvalue weighted by molar-refractivity contribution is 5.89. The third-order valence-corrected chi connectivity index (χ3v) is 6.26. The predicted octanol–water partition coefficient (Wildman–Crippen LogP) is 2.51. The minimum Gasteiger partial charge on any atom is -0.381 e. The van der Waals surface area contributed by atoms with Crippen molar-refractivity contribution in [1.29, 1.82) is 0 Å². The van der Waals surface area contributed by atoms with Gasteiger partial charge in [-0.1, -0.05) is 29.5 Å². The van der Waals surface area contributed by atoms with Crippen LogP contribution in [-0.4, -0.2) is 56.2 Å². The number of aromatic nitrogens is 6. The van der Waals surface area contributed by atoms with E-state index >= 15 is 0 Å². The van der Waals surface area contributed by atoms with E-state index in [0.29, 0.717) is 22.8 Å². The number of benzene rings is 2. The second-order valence-electron chi connectivity index (χ2n) is 8.50. The van der Waals surface area contributed by atoms with Crippen LogP contribution in [0, 0.1) is 5.92 Å². The molecule has 9 nitrogen and oxygen atoms in total. The first kappa shape index (κ1) is 19.8. The number of hydrogen-bond donors (Lipinski definition) is 0. The van der Waals surface area contributed by atoms with E-state index < -0.39 is 0 Å². The molecule has 1 aliphatic heterocycles. The molecule has 1 fully saturated rings. The van der Waals surface area contributed by atoms with Crippen LogP contribution < -0.4 is 10.5 Å². The molecule has 4 heterocycles. The third-order valence-electron chi connectivity index (χ3n) is 6.26. The summed E-state index contributed by atoms with van der Waals surface area (Å²) in [5, 5.41) is 9.80. The molecule has 33 heavy (non-hydrogen) atoms. The van der Waals surface area contributed by atoms with Crippen LogP contribution in [0.15, 0.2) is 59.5 Å². The molecule has 0 radical (unpaired) electrons. The lowest BCUT2D eigenvalue weighted by Gasteiger charge is -2.23. The van der Waals surface area contributed by atoms with Gasteiger partial charge in [-0.3, -0.25) is 9.36 Å². The fourth-order valence-electron chi connectivity index (χ4n) is 4.64. The minimum absolute atomic E-state index is 0.116. The van der Waals surface area contributed by atoms with E-state index in [4.69, 9.17) is 14.7 Å². The van der Waals surface area contributed by atoms with E-state index in [-0.39, 0.29) is 12.1 Å². The molecule has 5 aromatic rings. The standard InChI is InChI=1S/C24H23N7O2/c1-29(13-16-10-11-33-15-16)23-17-6-2-4-8-19(17)26-21(27-23)14-30-22-12-25-28-31(22)20-9-5-3-7-18(20)24(30)32/h2-9,12,16H,10-11,13-15H2,1H3. The molecule has 1 unspecified atom stereocenters. The summed E-state index contributed by atoms with van der Waals surface area (Å²) in [4.78, 5) is 25.2. The molecule has 0 N–H and O–H groups in total. The maximum absolute atomic E-state index is 13.4. The molecule has 0 spiro atoms. The fraction of sp³-hybridized carbons (Fsp3) is 0.292. The van der Waals surface area contributed by atoms with Crippen molar-refractivity contribution < 1.29 is 4.74 Å². The highest BCUT2D eigenvalue weighted by atomic mass is 16.5. The van der Waals surface area contributed by atoms with Gasteiger partial charge >= 0.3 is 0 Å². The van der Waals surface area contributed by atoms with E-state index in [9.17, 15) is 4.79 Å². The number of anilines is 1. The van der Waals surface area contributed by atoms with Gasteiger partial charge in [0.15, 0.2) is 11.5 Å². The van der Waals surface area contributed by atoms with Gasteiger partial charge in [-0.25, -0.2) is 9.97 Å². The van der Waals surface area contributed by atoms with Crippen LogP contribution in [0.2, 0.25) is 0 Å².